The molecule has 27 heavy (non-hydrogen) atoms. The highest BCUT2D eigenvalue weighted by Gasteiger charge is 2.34. The van der Waals surface area contributed by atoms with Gasteiger partial charge in [0.05, 0.1) is 1.37 Å². The molecule has 1 aliphatic heterocycles. The van der Waals surface area contributed by atoms with Crippen LogP contribution < -0.4 is 5.32 Å². The predicted octanol–water partition coefficient (Wildman–Crippen LogP) is 1.86. The van der Waals surface area contributed by atoms with Crippen molar-refractivity contribution in [1.29, 1.82) is 0 Å². The molecule has 6 nitrogen and oxygen atoms in total. The Bertz CT molecular complexity index is 886. The van der Waals surface area contributed by atoms with Crippen LogP contribution in [-0.4, -0.2) is 46.8 Å². The van der Waals surface area contributed by atoms with Crippen LogP contribution in [0.2, 0.25) is 0 Å². The molecule has 0 spiro atoms. The number of nitrogens with zero attached hydrogens (tertiary/aromatic N) is 1. The van der Waals surface area contributed by atoms with Crippen LogP contribution in [0.4, 0.5) is 0 Å². The van der Waals surface area contributed by atoms with Gasteiger partial charge in [-0.3, -0.25) is 14.4 Å². The van der Waals surface area contributed by atoms with Gasteiger partial charge in [0.25, 0.3) is 0 Å². The second-order valence-corrected chi connectivity index (χ2v) is 7.21. The van der Waals surface area contributed by atoms with Crippen LogP contribution >= 0.6 is 0 Å². The highest BCUT2D eigenvalue weighted by molar-refractivity contribution is 5.93. The Morgan fingerprint density at radius 3 is 2.67 bits per heavy atom. The van der Waals surface area contributed by atoms with Gasteiger partial charge in [-0.05, 0) is 30.3 Å². The van der Waals surface area contributed by atoms with E-state index in [0.717, 1.165) is 4.90 Å². The van der Waals surface area contributed by atoms with Crippen LogP contribution in [-0.2, 0) is 20.8 Å². The normalized spacial score (nSPS) is 30.0. The van der Waals surface area contributed by atoms with Crippen LogP contribution in [0.25, 0.3) is 0 Å². The van der Waals surface area contributed by atoms with E-state index in [9.17, 15) is 19.5 Å². The van der Waals surface area contributed by atoms with Gasteiger partial charge in [-0.2, -0.15) is 0 Å². The Morgan fingerprint density at radius 2 is 2.04 bits per heavy atom. The van der Waals surface area contributed by atoms with E-state index in [1.54, 1.807) is 26.0 Å². The van der Waals surface area contributed by atoms with E-state index in [2.05, 4.69) is 5.32 Å². The number of nitrogens with one attached hydrogen (secondary N) is 1. The number of carbonyl (C=O) groups excluding carboxylic acids is 3. The number of likely N-dealkylation sites (N-methyl/N-ethyl adjacent to an activating group) is 1. The van der Waals surface area contributed by atoms with Gasteiger partial charge < -0.3 is 15.3 Å². The first-order chi connectivity index (χ1) is 14.1. The molecule has 0 saturated carbocycles. The van der Waals surface area contributed by atoms with E-state index in [0.29, 0.717) is 0 Å². The topological polar surface area (TPSA) is 86.7 Å². The first-order valence-electron chi connectivity index (χ1n) is 10.9. The standard InChI is InChI=1S/C21H30N2O4/c1-12(2)19(25)17(24)10-13(3)20(26)22-18-16-9-7-6-8-15(16)11-14(4)23(5)21(18)27/h6-9,12-14,18-19,25H,10-11H2,1-5H3,(H,22,26)/t13-,14?,18+,19+/m1/s1/i11D2,13D,14D. The summed E-state index contributed by atoms with van der Waals surface area (Å²) in [7, 11) is 1.29. The number of ketones is 1. The number of amides is 2. The Labute approximate surface area is 166 Å². The molecule has 0 saturated heterocycles. The second kappa shape index (κ2) is 8.65. The summed E-state index contributed by atoms with van der Waals surface area (Å²) in [6.45, 7) is 5.80. The number of benzene rings is 1. The monoisotopic (exact) mass is 378 g/mol. The molecule has 1 heterocycles. The summed E-state index contributed by atoms with van der Waals surface area (Å²) in [6, 6.07) is 2.86. The largest absolute Gasteiger partial charge is 0.385 e. The Kier molecular flexibility index (Phi) is 5.07. The molecule has 6 heteroatoms. The zero-order valence-corrected chi connectivity index (χ0v) is 16.4. The Balaban J connectivity index is 2.42. The number of carbonyl (C=O) groups is 3. The molecule has 0 bridgehead atoms. The van der Waals surface area contributed by atoms with Crippen molar-refractivity contribution in [3.8, 4) is 0 Å². The molecule has 2 N–H and O–H groups in total. The van der Waals surface area contributed by atoms with Crippen molar-refractivity contribution in [3.63, 3.8) is 0 Å². The number of hydrogen-bond donors (Lipinski definition) is 2. The summed E-state index contributed by atoms with van der Waals surface area (Å²) in [5.41, 5.74) is 0.284. The van der Waals surface area contributed by atoms with Crippen LogP contribution in [0.15, 0.2) is 24.3 Å². The Hall–Kier alpha value is -2.21. The molecule has 1 aliphatic rings. The molecule has 2 rings (SSSR count). The van der Waals surface area contributed by atoms with Gasteiger partial charge in [0.15, 0.2) is 5.78 Å². The quantitative estimate of drug-likeness (QED) is 0.791. The lowest BCUT2D eigenvalue weighted by atomic mass is 9.94. The maximum absolute atomic E-state index is 13.2. The number of hydrogen-bond acceptors (Lipinski definition) is 4. The van der Waals surface area contributed by atoms with Gasteiger partial charge in [0, 0.05) is 29.5 Å². The fourth-order valence-electron chi connectivity index (χ4n) is 2.85. The molecule has 1 unspecified atom stereocenters. The number of Topliss-reactive ketones (excluding diaryl/α,β-unsaturated/α-hetero) is 1. The molecule has 0 radical (unpaired) electrons. The summed E-state index contributed by atoms with van der Waals surface area (Å²) in [5.74, 6) is -4.60. The van der Waals surface area contributed by atoms with Crippen molar-refractivity contribution in [2.24, 2.45) is 11.8 Å². The highest BCUT2D eigenvalue weighted by atomic mass is 16.3. The molecule has 1 aromatic rings. The van der Waals surface area contributed by atoms with Gasteiger partial charge in [-0.15, -0.1) is 0 Å². The van der Waals surface area contributed by atoms with Crippen molar-refractivity contribution in [2.75, 3.05) is 7.05 Å². The fourth-order valence-corrected chi connectivity index (χ4v) is 2.85. The average Bonchev–Trinajstić information content (AvgIpc) is 2.72. The molecular formula is C21H30N2O4. The van der Waals surface area contributed by atoms with Crippen LogP contribution in [0.5, 0.6) is 0 Å². The lowest BCUT2D eigenvalue weighted by Crippen LogP contribution is -2.44. The van der Waals surface area contributed by atoms with E-state index in [4.69, 9.17) is 5.48 Å². The van der Waals surface area contributed by atoms with Gasteiger partial charge >= 0.3 is 0 Å². The second-order valence-electron chi connectivity index (χ2n) is 7.21. The molecule has 148 valence electrons. The summed E-state index contributed by atoms with van der Waals surface area (Å²) in [4.78, 5) is 39.2. The van der Waals surface area contributed by atoms with Gasteiger partial charge in [-0.25, -0.2) is 0 Å². The lowest BCUT2D eigenvalue weighted by molar-refractivity contribution is -0.138. The minimum absolute atomic E-state index is 0.0912. The van der Waals surface area contributed by atoms with E-state index in [1.165, 1.54) is 33.0 Å². The van der Waals surface area contributed by atoms with E-state index >= 15 is 0 Å². The number of rotatable bonds is 6. The molecular weight excluding hydrogens is 344 g/mol. The highest BCUT2D eigenvalue weighted by Crippen LogP contribution is 2.27. The summed E-state index contributed by atoms with van der Waals surface area (Å²) in [6.07, 6.45) is -4.09. The third-order valence-corrected chi connectivity index (χ3v) is 4.73. The van der Waals surface area contributed by atoms with Crippen molar-refractivity contribution in [1.82, 2.24) is 10.2 Å². The number of aliphatic hydroxyl groups excluding tert-OH is 1. The Morgan fingerprint density at radius 1 is 1.41 bits per heavy atom. The summed E-state index contributed by atoms with van der Waals surface area (Å²) in [5, 5.41) is 12.4. The molecule has 1 aromatic carbocycles. The van der Waals surface area contributed by atoms with Gasteiger partial charge in [0.1, 0.15) is 12.1 Å². The SMILES string of the molecule is [2H]C1([2H])c2ccccc2[C@H](NC(=O)[C@]([2H])(C)CC(=O)[C@@H](O)C(C)C)C(=O)N(C)C1([2H])C. The molecule has 0 aromatic heterocycles. The van der Waals surface area contributed by atoms with Crippen LogP contribution in [0, 0.1) is 11.8 Å². The van der Waals surface area contributed by atoms with Crippen LogP contribution in [0.1, 0.15) is 56.8 Å². The third-order valence-electron chi connectivity index (χ3n) is 4.73. The van der Waals surface area contributed by atoms with E-state index in [-0.39, 0.29) is 17.0 Å². The summed E-state index contributed by atoms with van der Waals surface area (Å²) >= 11 is 0. The van der Waals surface area contributed by atoms with Crippen molar-refractivity contribution < 1.29 is 25.0 Å². The maximum atomic E-state index is 13.2. The van der Waals surface area contributed by atoms with Crippen molar-refractivity contribution >= 4 is 17.6 Å². The summed E-state index contributed by atoms with van der Waals surface area (Å²) < 4.78 is 33.9. The third kappa shape index (κ3) is 4.75. The molecule has 0 aliphatic carbocycles. The number of aliphatic hydroxyl groups is 1. The lowest BCUT2D eigenvalue weighted by Gasteiger charge is -2.26. The zero-order chi connectivity index (χ0) is 23.9. The zero-order valence-electron chi connectivity index (χ0n) is 20.4. The minimum atomic E-state index is -2.24. The minimum Gasteiger partial charge on any atom is -0.385 e. The van der Waals surface area contributed by atoms with Gasteiger partial charge in [0.2, 0.25) is 11.8 Å². The van der Waals surface area contributed by atoms with E-state index in [1.807, 2.05) is 0 Å². The molecule has 4 atom stereocenters. The first-order valence-corrected chi connectivity index (χ1v) is 8.94. The maximum Gasteiger partial charge on any atom is 0.249 e. The molecule has 0 fully saturated rings. The van der Waals surface area contributed by atoms with Gasteiger partial charge in [-0.1, -0.05) is 45.0 Å². The first kappa shape index (κ1) is 15.8. The van der Waals surface area contributed by atoms with Crippen molar-refractivity contribution in [3.05, 3.63) is 35.4 Å². The predicted molar refractivity (Wildman–Crippen MR) is 103 cm³/mol. The van der Waals surface area contributed by atoms with E-state index < -0.39 is 54.4 Å². The molecule has 2 amide bonds. The average molecular weight is 379 g/mol. The van der Waals surface area contributed by atoms with Crippen molar-refractivity contribution in [2.45, 2.75) is 58.7 Å². The fraction of sp³-hybridized carbons (Fsp3) is 0.571. The number of fused-ring (bicyclic) bond motifs is 1. The smallest absolute Gasteiger partial charge is 0.249 e. The van der Waals surface area contributed by atoms with Crippen LogP contribution in [0.3, 0.4) is 0 Å².